The fourth-order valence-corrected chi connectivity index (χ4v) is 3.78. The van der Waals surface area contributed by atoms with Crippen molar-refractivity contribution < 1.29 is 14.0 Å². The van der Waals surface area contributed by atoms with E-state index in [2.05, 4.69) is 10.6 Å². The number of hydrogen-bond donors (Lipinski definition) is 2. The Morgan fingerprint density at radius 2 is 1.56 bits per heavy atom. The van der Waals surface area contributed by atoms with Crippen LogP contribution in [0.3, 0.4) is 0 Å². The highest BCUT2D eigenvalue weighted by Crippen LogP contribution is 2.20. The number of carbonyl (C=O) groups excluding carboxylic acids is 2. The minimum atomic E-state index is -0.385. The fourth-order valence-electron chi connectivity index (χ4n) is 3.65. The lowest BCUT2D eigenvalue weighted by Gasteiger charge is -2.23. The number of urea groups is 1. The molecule has 0 radical (unpaired) electrons. The largest absolute Gasteiger partial charge is 0.352 e. The van der Waals surface area contributed by atoms with Gasteiger partial charge in [0.05, 0.1) is 0 Å². The molecule has 0 aromatic heterocycles. The molecule has 172 valence electrons. The zero-order valence-corrected chi connectivity index (χ0v) is 19.1. The second kappa shape index (κ2) is 10.8. The lowest BCUT2D eigenvalue weighted by Crippen LogP contribution is -2.37. The van der Waals surface area contributed by atoms with Crippen LogP contribution in [0, 0.1) is 5.82 Å². The van der Waals surface area contributed by atoms with E-state index in [-0.39, 0.29) is 17.8 Å². The molecule has 0 aliphatic rings. The van der Waals surface area contributed by atoms with Crippen molar-refractivity contribution >= 4 is 45.7 Å². The minimum absolute atomic E-state index is 0.171. The molecular formula is C27H23ClFN3O2. The van der Waals surface area contributed by atoms with Crippen molar-refractivity contribution in [3.63, 3.8) is 0 Å². The molecule has 0 unspecified atom stereocenters. The van der Waals surface area contributed by atoms with Crippen LogP contribution in [0.5, 0.6) is 0 Å². The van der Waals surface area contributed by atoms with E-state index < -0.39 is 0 Å². The van der Waals surface area contributed by atoms with Crippen molar-refractivity contribution in [2.24, 2.45) is 0 Å². The molecule has 7 heteroatoms. The number of nitrogens with one attached hydrogen (secondary N) is 2. The predicted octanol–water partition coefficient (Wildman–Crippen LogP) is 6.49. The molecule has 5 nitrogen and oxygen atoms in total. The van der Waals surface area contributed by atoms with Gasteiger partial charge in [-0.15, -0.1) is 0 Å². The fraction of sp³-hybridized carbons (Fsp3) is 0.111. The third kappa shape index (κ3) is 5.71. The standard InChI is InChI=1S/C27H23ClFN3O2/c28-20-9-13-22(14-10-20)31-27(34)32(23-15-11-21(29)12-16-23)18-4-17-30-26(33)25-8-3-6-19-5-1-2-7-24(19)25/h1-3,5-16H,4,17-18H2,(H,30,33)(H,31,34). The zero-order chi connectivity index (χ0) is 23.9. The second-order valence-electron chi connectivity index (χ2n) is 7.70. The van der Waals surface area contributed by atoms with E-state index in [0.29, 0.717) is 41.5 Å². The van der Waals surface area contributed by atoms with Crippen LogP contribution < -0.4 is 15.5 Å². The second-order valence-corrected chi connectivity index (χ2v) is 8.14. The molecule has 0 heterocycles. The topological polar surface area (TPSA) is 61.4 Å². The van der Waals surface area contributed by atoms with Crippen LogP contribution >= 0.6 is 11.6 Å². The summed E-state index contributed by atoms with van der Waals surface area (Å²) < 4.78 is 13.4. The maximum atomic E-state index is 13.4. The Labute approximate surface area is 202 Å². The van der Waals surface area contributed by atoms with E-state index >= 15 is 0 Å². The Bertz CT molecular complexity index is 1290. The number of carbonyl (C=O) groups is 2. The van der Waals surface area contributed by atoms with E-state index in [1.165, 1.54) is 17.0 Å². The molecule has 0 bridgehead atoms. The summed E-state index contributed by atoms with van der Waals surface area (Å²) in [5.41, 5.74) is 1.74. The van der Waals surface area contributed by atoms with Gasteiger partial charge in [0, 0.05) is 35.1 Å². The van der Waals surface area contributed by atoms with E-state index in [0.717, 1.165) is 10.8 Å². The Kier molecular flexibility index (Phi) is 7.40. The molecule has 4 rings (SSSR count). The van der Waals surface area contributed by atoms with Crippen LogP contribution in [-0.4, -0.2) is 25.0 Å². The normalized spacial score (nSPS) is 10.6. The third-order valence-electron chi connectivity index (χ3n) is 5.36. The smallest absolute Gasteiger partial charge is 0.326 e. The van der Waals surface area contributed by atoms with E-state index in [4.69, 9.17) is 11.6 Å². The Balaban J connectivity index is 1.41. The van der Waals surface area contributed by atoms with Gasteiger partial charge >= 0.3 is 6.03 Å². The van der Waals surface area contributed by atoms with Gasteiger partial charge in [0.2, 0.25) is 0 Å². The first-order chi connectivity index (χ1) is 16.5. The number of amides is 3. The van der Waals surface area contributed by atoms with E-state index in [1.54, 1.807) is 42.5 Å². The van der Waals surface area contributed by atoms with Crippen molar-refractivity contribution in [1.29, 1.82) is 0 Å². The monoisotopic (exact) mass is 475 g/mol. The first-order valence-corrected chi connectivity index (χ1v) is 11.2. The molecule has 0 fully saturated rings. The number of benzene rings is 4. The van der Waals surface area contributed by atoms with Gasteiger partial charge in [0.25, 0.3) is 5.91 Å². The molecule has 0 spiro atoms. The number of hydrogen-bond acceptors (Lipinski definition) is 2. The first kappa shape index (κ1) is 23.3. The van der Waals surface area contributed by atoms with Gasteiger partial charge < -0.3 is 10.6 Å². The van der Waals surface area contributed by atoms with Gasteiger partial charge in [0.15, 0.2) is 0 Å². The zero-order valence-electron chi connectivity index (χ0n) is 18.3. The highest BCUT2D eigenvalue weighted by molar-refractivity contribution is 6.30. The summed E-state index contributed by atoms with van der Waals surface area (Å²) in [5, 5.41) is 8.20. The third-order valence-corrected chi connectivity index (χ3v) is 5.61. The lowest BCUT2D eigenvalue weighted by molar-refractivity contribution is 0.0955. The van der Waals surface area contributed by atoms with E-state index in [1.807, 2.05) is 36.4 Å². The molecule has 0 saturated heterocycles. The van der Waals surface area contributed by atoms with Gasteiger partial charge in [-0.25, -0.2) is 9.18 Å². The Morgan fingerprint density at radius 1 is 0.853 bits per heavy atom. The van der Waals surface area contributed by atoms with Crippen LogP contribution in [-0.2, 0) is 0 Å². The van der Waals surface area contributed by atoms with Gasteiger partial charge in [-0.05, 0) is 71.8 Å². The van der Waals surface area contributed by atoms with E-state index in [9.17, 15) is 14.0 Å². The average molecular weight is 476 g/mol. The Morgan fingerprint density at radius 3 is 2.32 bits per heavy atom. The summed E-state index contributed by atoms with van der Waals surface area (Å²) in [4.78, 5) is 27.2. The van der Waals surface area contributed by atoms with Gasteiger partial charge in [-0.3, -0.25) is 9.69 Å². The molecular weight excluding hydrogens is 453 g/mol. The van der Waals surface area contributed by atoms with Crippen molar-refractivity contribution in [1.82, 2.24) is 5.32 Å². The summed E-state index contributed by atoms with van der Waals surface area (Å²) in [7, 11) is 0. The first-order valence-electron chi connectivity index (χ1n) is 10.9. The number of anilines is 2. The highest BCUT2D eigenvalue weighted by atomic mass is 35.5. The molecule has 0 saturated carbocycles. The average Bonchev–Trinajstić information content (AvgIpc) is 2.85. The Hall–Kier alpha value is -3.90. The van der Waals surface area contributed by atoms with Crippen LogP contribution in [0.25, 0.3) is 10.8 Å². The molecule has 34 heavy (non-hydrogen) atoms. The number of rotatable bonds is 7. The summed E-state index contributed by atoms with van der Waals surface area (Å²) >= 11 is 5.91. The summed E-state index contributed by atoms with van der Waals surface area (Å²) in [6, 6.07) is 25.4. The van der Waals surface area contributed by atoms with Gasteiger partial charge in [-0.1, -0.05) is 48.0 Å². The van der Waals surface area contributed by atoms with Crippen LogP contribution in [0.15, 0.2) is 91.0 Å². The van der Waals surface area contributed by atoms with Crippen molar-refractivity contribution in [2.75, 3.05) is 23.3 Å². The maximum Gasteiger partial charge on any atom is 0.326 e. The minimum Gasteiger partial charge on any atom is -0.352 e. The molecule has 0 aliphatic carbocycles. The summed E-state index contributed by atoms with van der Waals surface area (Å²) in [5.74, 6) is -0.556. The number of halogens is 2. The predicted molar refractivity (Wildman–Crippen MR) is 135 cm³/mol. The highest BCUT2D eigenvalue weighted by Gasteiger charge is 2.16. The van der Waals surface area contributed by atoms with Crippen molar-refractivity contribution in [3.8, 4) is 0 Å². The summed E-state index contributed by atoms with van der Waals surface area (Å²) in [6.45, 7) is 0.689. The molecule has 0 atom stereocenters. The number of fused-ring (bicyclic) bond motifs is 1. The SMILES string of the molecule is O=C(NCCCN(C(=O)Nc1ccc(Cl)cc1)c1ccc(F)cc1)c1cccc2ccccc12. The van der Waals surface area contributed by atoms with Crippen LogP contribution in [0.2, 0.25) is 5.02 Å². The lowest BCUT2D eigenvalue weighted by atomic mass is 10.0. The van der Waals surface area contributed by atoms with Gasteiger partial charge in [0.1, 0.15) is 5.82 Å². The quantitative estimate of drug-likeness (QED) is 0.300. The van der Waals surface area contributed by atoms with Gasteiger partial charge in [-0.2, -0.15) is 0 Å². The van der Waals surface area contributed by atoms with Crippen molar-refractivity contribution in [3.05, 3.63) is 107 Å². The molecule has 4 aromatic rings. The molecule has 2 N–H and O–H groups in total. The molecule has 3 amide bonds. The van der Waals surface area contributed by atoms with Crippen molar-refractivity contribution in [2.45, 2.75) is 6.42 Å². The maximum absolute atomic E-state index is 13.4. The van der Waals surface area contributed by atoms with Crippen LogP contribution in [0.1, 0.15) is 16.8 Å². The summed E-state index contributed by atoms with van der Waals surface area (Å²) in [6.07, 6.45) is 0.502. The number of nitrogens with zero attached hydrogens (tertiary/aromatic N) is 1. The molecule has 4 aromatic carbocycles. The van der Waals surface area contributed by atoms with Crippen LogP contribution in [0.4, 0.5) is 20.6 Å². The molecule has 0 aliphatic heterocycles.